The molecule has 0 unspecified atom stereocenters. The van der Waals surface area contributed by atoms with E-state index in [2.05, 4.69) is 4.98 Å². The molecular weight excluding hydrogens is 242 g/mol. The third-order valence-electron chi connectivity index (χ3n) is 2.65. The predicted octanol–water partition coefficient (Wildman–Crippen LogP) is 2.13. The molecule has 0 saturated heterocycles. The normalized spacial score (nSPS) is 9.95. The molecule has 0 bridgehead atoms. The smallest absolute Gasteiger partial charge is 0.272 e. The zero-order chi connectivity index (χ0) is 13.8. The standard InChI is InChI=1S/C14H13N3O2/c1-10-3-5-12(19-10)9-17(2)14(18)13-6-4-11(7-15)8-16-13/h3-6,8H,9H2,1-2H3. The molecule has 2 heterocycles. The fourth-order valence-corrected chi connectivity index (χ4v) is 1.66. The summed E-state index contributed by atoms with van der Waals surface area (Å²) in [4.78, 5) is 17.6. The van der Waals surface area contributed by atoms with E-state index in [1.54, 1.807) is 19.2 Å². The van der Waals surface area contributed by atoms with E-state index < -0.39 is 0 Å². The highest BCUT2D eigenvalue weighted by atomic mass is 16.3. The van der Waals surface area contributed by atoms with Crippen LogP contribution in [0.4, 0.5) is 0 Å². The molecule has 0 fully saturated rings. The number of pyridine rings is 1. The van der Waals surface area contributed by atoms with E-state index in [9.17, 15) is 4.79 Å². The maximum absolute atomic E-state index is 12.1. The van der Waals surface area contributed by atoms with Crippen LogP contribution in [0.3, 0.4) is 0 Å². The monoisotopic (exact) mass is 255 g/mol. The Morgan fingerprint density at radius 1 is 1.42 bits per heavy atom. The number of rotatable bonds is 3. The highest BCUT2D eigenvalue weighted by molar-refractivity contribution is 5.92. The van der Waals surface area contributed by atoms with Crippen molar-refractivity contribution in [2.24, 2.45) is 0 Å². The Labute approximate surface area is 111 Å². The summed E-state index contributed by atoms with van der Waals surface area (Å²) in [5, 5.41) is 8.68. The van der Waals surface area contributed by atoms with Gasteiger partial charge >= 0.3 is 0 Å². The molecule has 5 nitrogen and oxygen atoms in total. The molecule has 0 radical (unpaired) electrons. The largest absolute Gasteiger partial charge is 0.464 e. The first kappa shape index (κ1) is 12.8. The van der Waals surface area contributed by atoms with Gasteiger partial charge in [-0.1, -0.05) is 0 Å². The maximum Gasteiger partial charge on any atom is 0.272 e. The van der Waals surface area contributed by atoms with Gasteiger partial charge in [0.1, 0.15) is 23.3 Å². The molecule has 0 saturated carbocycles. The van der Waals surface area contributed by atoms with E-state index in [1.165, 1.54) is 11.1 Å². The lowest BCUT2D eigenvalue weighted by Crippen LogP contribution is -2.26. The van der Waals surface area contributed by atoms with Gasteiger partial charge in [-0.3, -0.25) is 4.79 Å². The van der Waals surface area contributed by atoms with Gasteiger partial charge in [0.2, 0.25) is 0 Å². The van der Waals surface area contributed by atoms with Crippen LogP contribution in [0.5, 0.6) is 0 Å². The Balaban J connectivity index is 2.08. The number of hydrogen-bond acceptors (Lipinski definition) is 4. The van der Waals surface area contributed by atoms with Crippen LogP contribution >= 0.6 is 0 Å². The van der Waals surface area contributed by atoms with Gasteiger partial charge in [-0.05, 0) is 31.2 Å². The molecule has 0 aromatic carbocycles. The van der Waals surface area contributed by atoms with E-state index in [0.29, 0.717) is 17.8 Å². The van der Waals surface area contributed by atoms with Gasteiger partial charge in [-0.15, -0.1) is 0 Å². The summed E-state index contributed by atoms with van der Waals surface area (Å²) in [7, 11) is 1.68. The number of furan rings is 1. The third kappa shape index (κ3) is 2.99. The first-order chi connectivity index (χ1) is 9.10. The lowest BCUT2D eigenvalue weighted by molar-refractivity contribution is 0.0769. The fourth-order valence-electron chi connectivity index (χ4n) is 1.66. The highest BCUT2D eigenvalue weighted by Crippen LogP contribution is 2.10. The second kappa shape index (κ2) is 5.36. The van der Waals surface area contributed by atoms with E-state index in [0.717, 1.165) is 11.5 Å². The lowest BCUT2D eigenvalue weighted by Gasteiger charge is -2.15. The Hall–Kier alpha value is -2.61. The molecule has 0 aliphatic heterocycles. The molecule has 2 rings (SSSR count). The molecule has 2 aromatic heterocycles. The zero-order valence-electron chi connectivity index (χ0n) is 10.8. The second-order valence-corrected chi connectivity index (χ2v) is 4.22. The molecule has 0 aliphatic rings. The first-order valence-corrected chi connectivity index (χ1v) is 5.77. The summed E-state index contributed by atoms with van der Waals surface area (Å²) in [5.41, 5.74) is 0.741. The Bertz CT molecular complexity index is 623. The first-order valence-electron chi connectivity index (χ1n) is 5.77. The third-order valence-corrected chi connectivity index (χ3v) is 2.65. The van der Waals surface area contributed by atoms with Gasteiger partial charge in [0.15, 0.2) is 0 Å². The Morgan fingerprint density at radius 2 is 2.21 bits per heavy atom. The van der Waals surface area contributed by atoms with Gasteiger partial charge in [-0.2, -0.15) is 5.26 Å². The van der Waals surface area contributed by atoms with Crippen LogP contribution in [0.2, 0.25) is 0 Å². The minimum absolute atomic E-state index is 0.210. The van der Waals surface area contributed by atoms with Crippen LogP contribution < -0.4 is 0 Å². The number of carbonyl (C=O) groups is 1. The lowest BCUT2D eigenvalue weighted by atomic mass is 10.2. The Morgan fingerprint density at radius 3 is 2.74 bits per heavy atom. The molecule has 0 atom stereocenters. The van der Waals surface area contributed by atoms with Gasteiger partial charge < -0.3 is 9.32 Å². The van der Waals surface area contributed by atoms with Crippen LogP contribution in [0.15, 0.2) is 34.9 Å². The Kier molecular flexibility index (Phi) is 3.62. The minimum Gasteiger partial charge on any atom is -0.464 e. The number of hydrogen-bond donors (Lipinski definition) is 0. The zero-order valence-corrected chi connectivity index (χ0v) is 10.8. The van der Waals surface area contributed by atoms with E-state index in [4.69, 9.17) is 9.68 Å². The maximum atomic E-state index is 12.1. The molecule has 96 valence electrons. The van der Waals surface area contributed by atoms with Crippen molar-refractivity contribution in [1.29, 1.82) is 5.26 Å². The molecule has 0 aliphatic carbocycles. The van der Waals surface area contributed by atoms with Crippen molar-refractivity contribution >= 4 is 5.91 Å². The summed E-state index contributed by atoms with van der Waals surface area (Å²) in [5.74, 6) is 1.33. The number of aromatic nitrogens is 1. The van der Waals surface area contributed by atoms with Gasteiger partial charge in [0.25, 0.3) is 5.91 Å². The van der Waals surface area contributed by atoms with Crippen LogP contribution in [-0.2, 0) is 6.54 Å². The number of amides is 1. The van der Waals surface area contributed by atoms with Gasteiger partial charge in [0, 0.05) is 13.2 Å². The molecular formula is C14H13N3O2. The van der Waals surface area contributed by atoms with E-state index in [-0.39, 0.29) is 5.91 Å². The average Bonchev–Trinajstić information content (AvgIpc) is 2.83. The van der Waals surface area contributed by atoms with Crippen molar-refractivity contribution in [1.82, 2.24) is 9.88 Å². The van der Waals surface area contributed by atoms with E-state index in [1.807, 2.05) is 25.1 Å². The van der Waals surface area contributed by atoms with Crippen LogP contribution in [-0.4, -0.2) is 22.8 Å². The molecule has 5 heteroatoms. The van der Waals surface area contributed by atoms with Crippen LogP contribution in [0.25, 0.3) is 0 Å². The highest BCUT2D eigenvalue weighted by Gasteiger charge is 2.14. The van der Waals surface area contributed by atoms with Crippen molar-refractivity contribution in [2.45, 2.75) is 13.5 Å². The summed E-state index contributed by atoms with van der Waals surface area (Å²) < 4.78 is 5.42. The van der Waals surface area contributed by atoms with Crippen molar-refractivity contribution in [3.63, 3.8) is 0 Å². The van der Waals surface area contributed by atoms with Crippen molar-refractivity contribution in [2.75, 3.05) is 7.05 Å². The van der Waals surface area contributed by atoms with Crippen molar-refractivity contribution in [3.8, 4) is 6.07 Å². The fraction of sp³-hybridized carbons (Fsp3) is 0.214. The minimum atomic E-state index is -0.210. The van der Waals surface area contributed by atoms with Gasteiger partial charge in [-0.25, -0.2) is 4.98 Å². The van der Waals surface area contributed by atoms with Crippen LogP contribution in [0, 0.1) is 18.3 Å². The SMILES string of the molecule is Cc1ccc(CN(C)C(=O)c2ccc(C#N)cn2)o1. The molecule has 19 heavy (non-hydrogen) atoms. The van der Waals surface area contributed by atoms with Crippen LogP contribution in [0.1, 0.15) is 27.6 Å². The average molecular weight is 255 g/mol. The predicted molar refractivity (Wildman–Crippen MR) is 68.2 cm³/mol. The number of nitrogens with zero attached hydrogens (tertiary/aromatic N) is 3. The number of nitriles is 1. The molecule has 0 N–H and O–H groups in total. The van der Waals surface area contributed by atoms with Crippen molar-refractivity contribution < 1.29 is 9.21 Å². The van der Waals surface area contributed by atoms with Gasteiger partial charge in [0.05, 0.1) is 12.1 Å². The number of carbonyl (C=O) groups excluding carboxylic acids is 1. The van der Waals surface area contributed by atoms with E-state index >= 15 is 0 Å². The summed E-state index contributed by atoms with van der Waals surface area (Å²) in [6, 6.07) is 8.78. The van der Waals surface area contributed by atoms with Crippen molar-refractivity contribution in [3.05, 3.63) is 53.2 Å². The number of aryl methyl sites for hydroxylation is 1. The molecule has 0 spiro atoms. The molecule has 2 aromatic rings. The summed E-state index contributed by atoms with van der Waals surface area (Å²) in [6.45, 7) is 2.24. The summed E-state index contributed by atoms with van der Waals surface area (Å²) in [6.07, 6.45) is 1.39. The topological polar surface area (TPSA) is 70.1 Å². The summed E-state index contributed by atoms with van der Waals surface area (Å²) >= 11 is 0. The molecule has 1 amide bonds. The second-order valence-electron chi connectivity index (χ2n) is 4.22. The quantitative estimate of drug-likeness (QED) is 0.842.